The highest BCUT2D eigenvalue weighted by atomic mass is 35.5. The molecule has 1 aliphatic heterocycles. The molecule has 0 saturated carbocycles. The maximum atomic E-state index is 12.4. The third kappa shape index (κ3) is 7.24. The molecule has 0 spiro atoms. The van der Waals surface area contributed by atoms with E-state index in [2.05, 4.69) is 0 Å². The van der Waals surface area contributed by atoms with Crippen LogP contribution < -0.4 is 5.12 Å². The predicted molar refractivity (Wildman–Crippen MR) is 51.5 cm³/mol. The van der Waals surface area contributed by atoms with Gasteiger partial charge in [-0.25, -0.2) is 8.42 Å². The Morgan fingerprint density at radius 2 is 1.47 bits per heavy atom. The lowest BCUT2D eigenvalue weighted by Crippen LogP contribution is -3.08. The Kier molecular flexibility index (Phi) is 6.43. The van der Waals surface area contributed by atoms with E-state index < -0.39 is 15.6 Å². The molecule has 0 radical (unpaired) electrons. The van der Waals surface area contributed by atoms with Gasteiger partial charge in [-0.3, -0.25) is 0 Å². The number of piperidine rings is 1. The van der Waals surface area contributed by atoms with Gasteiger partial charge in [-0.15, -0.1) is 28.3 Å². The van der Waals surface area contributed by atoms with E-state index in [0.717, 1.165) is 6.42 Å². The van der Waals surface area contributed by atoms with E-state index in [1.807, 2.05) is 0 Å². The zero-order chi connectivity index (χ0) is 13.9. The van der Waals surface area contributed by atoms with Crippen LogP contribution >= 0.6 is 23.2 Å². The fourth-order valence-electron chi connectivity index (χ4n) is 1.01. The second-order valence-electron chi connectivity index (χ2n) is 3.26. The number of alkyl halides is 5. The summed E-state index contributed by atoms with van der Waals surface area (Å²) in [4.78, 5) is 0. The second kappa shape index (κ2) is 6.37. The molecule has 0 amide bonds. The standard InChI is InChI=1S/C5H8Cl2FN.CHF3O3S/c6-4-1-5(7)3-9(8)2-4;2-1(3,4)8(5,6)7/h4-5H,1-3H2;(H,5,6,7). The molecule has 1 saturated heterocycles. The van der Waals surface area contributed by atoms with Crippen molar-refractivity contribution >= 4 is 33.3 Å². The smallest absolute Gasteiger partial charge is 0.485 e. The lowest BCUT2D eigenvalue weighted by atomic mass is 10.1. The van der Waals surface area contributed by atoms with Crippen LogP contribution in [0.3, 0.4) is 0 Å². The van der Waals surface area contributed by atoms with Crippen LogP contribution in [0.1, 0.15) is 6.42 Å². The van der Waals surface area contributed by atoms with Crippen molar-refractivity contribution in [2.45, 2.75) is 22.7 Å². The van der Waals surface area contributed by atoms with Gasteiger partial charge in [-0.1, -0.05) is 0 Å². The van der Waals surface area contributed by atoms with Crippen molar-refractivity contribution in [1.29, 1.82) is 0 Å². The van der Waals surface area contributed by atoms with Crippen molar-refractivity contribution in [3.8, 4) is 0 Å². The van der Waals surface area contributed by atoms with Crippen molar-refractivity contribution < 1.29 is 35.7 Å². The summed E-state index contributed by atoms with van der Waals surface area (Å²) in [7, 11) is -6.09. The number of halogens is 6. The highest BCUT2D eigenvalue weighted by molar-refractivity contribution is 7.86. The van der Waals surface area contributed by atoms with Gasteiger partial charge in [0.2, 0.25) is 0 Å². The molecule has 1 N–H and O–H groups in total. The monoisotopic (exact) mass is 321 g/mol. The largest absolute Gasteiger partial charge is 0.741 e. The van der Waals surface area contributed by atoms with Crippen LogP contribution in [0.25, 0.3) is 0 Å². The third-order valence-electron chi connectivity index (χ3n) is 1.68. The summed E-state index contributed by atoms with van der Waals surface area (Å²) in [6.45, 7) is 0.787. The summed E-state index contributed by atoms with van der Waals surface area (Å²) in [5.74, 6) is 0. The molecule has 0 bridgehead atoms. The lowest BCUT2D eigenvalue weighted by Gasteiger charge is -2.21. The molecule has 1 aliphatic rings. The first-order chi connectivity index (χ1) is 7.43. The fraction of sp³-hybridized carbons (Fsp3) is 1.00. The van der Waals surface area contributed by atoms with E-state index in [0.29, 0.717) is 13.1 Å². The molecular formula is C6H9Cl2F4NO3S. The topological polar surface area (TPSA) is 61.6 Å². The van der Waals surface area contributed by atoms with Crippen LogP contribution in [0.2, 0.25) is 0 Å². The SMILES string of the molecule is F[NH+]1CC(Cl)CC(Cl)C1.O=S(=O)([O-])C(F)(F)F. The first kappa shape index (κ1) is 17.2. The van der Waals surface area contributed by atoms with E-state index in [9.17, 15) is 17.7 Å². The molecule has 1 fully saturated rings. The summed E-state index contributed by atoms with van der Waals surface area (Å²) in [6, 6.07) is 0. The van der Waals surface area contributed by atoms with Gasteiger partial charge in [-0.05, 0) is 10.9 Å². The van der Waals surface area contributed by atoms with E-state index in [-0.39, 0.29) is 15.9 Å². The average molecular weight is 322 g/mol. The summed E-state index contributed by atoms with van der Waals surface area (Å²) in [5.41, 5.74) is -5.65. The summed E-state index contributed by atoms with van der Waals surface area (Å²) in [6.07, 6.45) is 0.733. The Bertz CT molecular complexity index is 312. The molecule has 1 rings (SSSR count). The van der Waals surface area contributed by atoms with E-state index in [4.69, 9.17) is 36.2 Å². The molecule has 4 nitrogen and oxygen atoms in total. The van der Waals surface area contributed by atoms with E-state index >= 15 is 0 Å². The van der Waals surface area contributed by atoms with Gasteiger partial charge in [0.05, 0.1) is 10.8 Å². The molecule has 2 atom stereocenters. The van der Waals surface area contributed by atoms with Gasteiger partial charge in [0.1, 0.15) is 13.1 Å². The molecule has 1 heterocycles. The number of hydrogen-bond donors (Lipinski definition) is 1. The van der Waals surface area contributed by atoms with Gasteiger partial charge in [0.15, 0.2) is 10.1 Å². The first-order valence-corrected chi connectivity index (χ1v) is 6.52. The van der Waals surface area contributed by atoms with Gasteiger partial charge in [0.25, 0.3) is 0 Å². The maximum absolute atomic E-state index is 12.4. The van der Waals surface area contributed by atoms with Crippen LogP contribution in [-0.4, -0.2) is 42.3 Å². The minimum Gasteiger partial charge on any atom is -0.741 e. The first-order valence-electron chi connectivity index (χ1n) is 4.24. The molecular weight excluding hydrogens is 313 g/mol. The molecule has 0 aliphatic carbocycles. The third-order valence-corrected chi connectivity index (χ3v) is 2.91. The zero-order valence-corrected chi connectivity index (χ0v) is 10.5. The van der Waals surface area contributed by atoms with Crippen molar-refractivity contribution in [2.75, 3.05) is 13.1 Å². The summed E-state index contributed by atoms with van der Waals surface area (Å²) >= 11 is 11.3. The van der Waals surface area contributed by atoms with Crippen molar-refractivity contribution in [3.05, 3.63) is 0 Å². The fourth-order valence-corrected chi connectivity index (χ4v) is 1.86. The maximum Gasteiger partial charge on any atom is 0.485 e. The van der Waals surface area contributed by atoms with Crippen LogP contribution in [-0.2, 0) is 10.1 Å². The highest BCUT2D eigenvalue weighted by Crippen LogP contribution is 2.20. The van der Waals surface area contributed by atoms with Crippen LogP contribution in [0.5, 0.6) is 0 Å². The normalized spacial score (nSPS) is 30.4. The molecule has 2 unspecified atom stereocenters. The molecule has 104 valence electrons. The Labute approximate surface area is 105 Å². The van der Waals surface area contributed by atoms with Gasteiger partial charge in [0, 0.05) is 0 Å². The summed E-state index contributed by atoms with van der Waals surface area (Å²) in [5, 5.41) is -0.219. The Morgan fingerprint density at radius 3 is 1.65 bits per heavy atom. The van der Waals surface area contributed by atoms with Crippen molar-refractivity contribution in [3.63, 3.8) is 0 Å². The van der Waals surface area contributed by atoms with E-state index in [1.54, 1.807) is 0 Å². The Hall–Kier alpha value is 0.170. The minimum absolute atomic E-state index is 0.0544. The average Bonchev–Trinajstić information content (AvgIpc) is 1.96. The molecule has 0 aromatic heterocycles. The summed E-state index contributed by atoms with van der Waals surface area (Å²) < 4.78 is 71.3. The van der Waals surface area contributed by atoms with Crippen molar-refractivity contribution in [2.24, 2.45) is 0 Å². The molecule has 11 heteroatoms. The van der Waals surface area contributed by atoms with E-state index in [1.165, 1.54) is 0 Å². The minimum atomic E-state index is -6.09. The predicted octanol–water partition coefficient (Wildman–Crippen LogP) is 0.426. The number of hydrogen-bond acceptors (Lipinski definition) is 3. The quantitative estimate of drug-likeness (QED) is 0.231. The van der Waals surface area contributed by atoms with Crippen LogP contribution in [0, 0.1) is 0 Å². The highest BCUT2D eigenvalue weighted by Gasteiger charge is 2.36. The van der Waals surface area contributed by atoms with Gasteiger partial charge in [-0.2, -0.15) is 13.2 Å². The molecule has 0 aromatic rings. The number of rotatable bonds is 0. The van der Waals surface area contributed by atoms with Gasteiger partial charge >= 0.3 is 5.51 Å². The van der Waals surface area contributed by atoms with Crippen molar-refractivity contribution in [1.82, 2.24) is 0 Å². The molecule has 17 heavy (non-hydrogen) atoms. The number of quaternary nitrogens is 1. The van der Waals surface area contributed by atoms with Crippen LogP contribution in [0.15, 0.2) is 0 Å². The zero-order valence-electron chi connectivity index (χ0n) is 8.18. The number of nitrogens with one attached hydrogen (secondary N) is 1. The Morgan fingerprint density at radius 1 is 1.18 bits per heavy atom. The van der Waals surface area contributed by atoms with Crippen LogP contribution in [0.4, 0.5) is 17.7 Å². The second-order valence-corrected chi connectivity index (χ2v) is 5.86. The Balaban J connectivity index is 0.000000304. The lowest BCUT2D eigenvalue weighted by molar-refractivity contribution is -1.04. The van der Waals surface area contributed by atoms with Gasteiger partial charge < -0.3 is 4.55 Å². The molecule has 0 aromatic carbocycles.